The molecule has 0 bridgehead atoms. The molecule has 0 saturated carbocycles. The van der Waals surface area contributed by atoms with Crippen LogP contribution in [-0.4, -0.2) is 59.3 Å². The van der Waals surface area contributed by atoms with Crippen LogP contribution in [0.3, 0.4) is 0 Å². The van der Waals surface area contributed by atoms with Crippen molar-refractivity contribution in [2.24, 2.45) is 0 Å². The Labute approximate surface area is 187 Å². The maximum Gasteiger partial charge on any atom is 0.247 e. The first kappa shape index (κ1) is 24.2. The van der Waals surface area contributed by atoms with Crippen molar-refractivity contribution < 1.29 is 9.53 Å². The summed E-state index contributed by atoms with van der Waals surface area (Å²) in [6, 6.07) is 8.88. The Balaban J connectivity index is 2.01. The van der Waals surface area contributed by atoms with E-state index >= 15 is 0 Å². The van der Waals surface area contributed by atoms with Crippen LogP contribution in [0.1, 0.15) is 26.3 Å². The summed E-state index contributed by atoms with van der Waals surface area (Å²) in [5.74, 6) is 0.472. The zero-order chi connectivity index (χ0) is 22.8. The zero-order valence-corrected chi connectivity index (χ0v) is 19.1. The summed E-state index contributed by atoms with van der Waals surface area (Å²) >= 11 is 1.26. The van der Waals surface area contributed by atoms with Crippen LogP contribution in [0.4, 0.5) is 17.5 Å². The molecular weight excluding hydrogens is 414 g/mol. The minimum atomic E-state index is -0.591. The highest BCUT2D eigenvalue weighted by molar-refractivity contribution is 7.98. The second-order valence-corrected chi connectivity index (χ2v) is 7.48. The van der Waals surface area contributed by atoms with E-state index in [0.717, 1.165) is 31.1 Å². The number of anilines is 3. The summed E-state index contributed by atoms with van der Waals surface area (Å²) in [6.07, 6.45) is 1.77. The van der Waals surface area contributed by atoms with Crippen molar-refractivity contribution in [1.29, 1.82) is 5.26 Å². The lowest BCUT2D eigenvalue weighted by molar-refractivity contribution is -0.116. The molecule has 2 rings (SSSR count). The van der Waals surface area contributed by atoms with Crippen molar-refractivity contribution >= 4 is 35.1 Å². The highest BCUT2D eigenvalue weighted by atomic mass is 32.2. The SMILES string of the molecule is CCN(CC)CCOc1cccc(N[C@@H](C)C(=O)Nc2nc(N)nc(SC)c2C#N)c1. The number of carbonyl (C=O) groups is 1. The van der Waals surface area contributed by atoms with Gasteiger partial charge in [-0.3, -0.25) is 4.79 Å². The largest absolute Gasteiger partial charge is 0.492 e. The van der Waals surface area contributed by atoms with E-state index in [1.54, 1.807) is 13.2 Å². The van der Waals surface area contributed by atoms with Crippen LogP contribution in [0.2, 0.25) is 0 Å². The second kappa shape index (κ2) is 12.0. The Bertz CT molecular complexity index is 928. The van der Waals surface area contributed by atoms with Crippen molar-refractivity contribution in [3.63, 3.8) is 0 Å². The number of carbonyl (C=O) groups excluding carboxylic acids is 1. The number of nitrogens with zero attached hydrogens (tertiary/aromatic N) is 4. The number of hydrogen-bond donors (Lipinski definition) is 3. The van der Waals surface area contributed by atoms with Gasteiger partial charge in [0.1, 0.15) is 35.1 Å². The molecule has 1 aromatic carbocycles. The first-order valence-electron chi connectivity index (χ1n) is 10.1. The molecule has 0 aliphatic heterocycles. The molecule has 166 valence electrons. The van der Waals surface area contributed by atoms with E-state index in [1.165, 1.54) is 11.8 Å². The highest BCUT2D eigenvalue weighted by Crippen LogP contribution is 2.24. The maximum absolute atomic E-state index is 12.7. The van der Waals surface area contributed by atoms with E-state index in [9.17, 15) is 10.1 Å². The van der Waals surface area contributed by atoms with E-state index in [2.05, 4.69) is 39.3 Å². The number of nitrogens with two attached hydrogens (primary N) is 1. The van der Waals surface area contributed by atoms with Crippen LogP contribution in [0.15, 0.2) is 29.3 Å². The third-order valence-electron chi connectivity index (χ3n) is 4.62. The van der Waals surface area contributed by atoms with Gasteiger partial charge in [0.2, 0.25) is 11.9 Å². The van der Waals surface area contributed by atoms with Crippen LogP contribution in [0.25, 0.3) is 0 Å². The number of nitrogens with one attached hydrogen (secondary N) is 2. The third kappa shape index (κ3) is 7.01. The molecule has 9 nitrogen and oxygen atoms in total. The molecule has 0 aliphatic carbocycles. The quantitative estimate of drug-likeness (QED) is 0.354. The summed E-state index contributed by atoms with van der Waals surface area (Å²) in [4.78, 5) is 23.0. The molecule has 10 heteroatoms. The van der Waals surface area contributed by atoms with Gasteiger partial charge in [-0.25, -0.2) is 4.98 Å². The molecule has 1 amide bonds. The van der Waals surface area contributed by atoms with Crippen molar-refractivity contribution in [1.82, 2.24) is 14.9 Å². The summed E-state index contributed by atoms with van der Waals surface area (Å²) < 4.78 is 5.84. The first-order chi connectivity index (χ1) is 14.9. The van der Waals surface area contributed by atoms with Crippen LogP contribution in [0.5, 0.6) is 5.75 Å². The molecule has 0 saturated heterocycles. The number of hydrogen-bond acceptors (Lipinski definition) is 9. The fraction of sp³-hybridized carbons (Fsp3) is 0.429. The Hall–Kier alpha value is -3.03. The van der Waals surface area contributed by atoms with Crippen LogP contribution >= 0.6 is 11.8 Å². The highest BCUT2D eigenvalue weighted by Gasteiger charge is 2.19. The van der Waals surface area contributed by atoms with Crippen LogP contribution < -0.4 is 21.1 Å². The predicted molar refractivity (Wildman–Crippen MR) is 124 cm³/mol. The smallest absolute Gasteiger partial charge is 0.247 e. The van der Waals surface area contributed by atoms with Gasteiger partial charge in [0, 0.05) is 18.3 Å². The van der Waals surface area contributed by atoms with Gasteiger partial charge in [-0.05, 0) is 38.4 Å². The molecule has 0 unspecified atom stereocenters. The van der Waals surface area contributed by atoms with E-state index in [4.69, 9.17) is 10.5 Å². The van der Waals surface area contributed by atoms with E-state index in [0.29, 0.717) is 11.6 Å². The lowest BCUT2D eigenvalue weighted by atomic mass is 10.2. The fourth-order valence-corrected chi connectivity index (χ4v) is 3.38. The molecule has 0 radical (unpaired) electrons. The van der Waals surface area contributed by atoms with E-state index < -0.39 is 6.04 Å². The Morgan fingerprint density at radius 1 is 1.35 bits per heavy atom. The fourth-order valence-electron chi connectivity index (χ4n) is 2.84. The van der Waals surface area contributed by atoms with E-state index in [-0.39, 0.29) is 23.2 Å². The number of aromatic nitrogens is 2. The Kier molecular flexibility index (Phi) is 9.37. The normalized spacial score (nSPS) is 11.6. The molecule has 1 aromatic heterocycles. The molecule has 0 fully saturated rings. The number of benzene rings is 1. The zero-order valence-electron chi connectivity index (χ0n) is 18.3. The molecule has 1 heterocycles. The van der Waals surface area contributed by atoms with Crippen molar-refractivity contribution in [3.8, 4) is 11.8 Å². The summed E-state index contributed by atoms with van der Waals surface area (Å²) in [6.45, 7) is 9.37. The maximum atomic E-state index is 12.7. The molecule has 4 N–H and O–H groups in total. The average Bonchev–Trinajstić information content (AvgIpc) is 2.76. The number of amides is 1. The Morgan fingerprint density at radius 3 is 2.74 bits per heavy atom. The van der Waals surface area contributed by atoms with Gasteiger partial charge in [-0.2, -0.15) is 10.2 Å². The van der Waals surface area contributed by atoms with Gasteiger partial charge in [0.05, 0.1) is 0 Å². The van der Waals surface area contributed by atoms with Gasteiger partial charge >= 0.3 is 0 Å². The van der Waals surface area contributed by atoms with Gasteiger partial charge in [0.25, 0.3) is 0 Å². The Morgan fingerprint density at radius 2 is 2.10 bits per heavy atom. The average molecular weight is 444 g/mol. The summed E-state index contributed by atoms with van der Waals surface area (Å²) in [7, 11) is 0. The predicted octanol–water partition coefficient (Wildman–Crippen LogP) is 2.81. The second-order valence-electron chi connectivity index (χ2n) is 6.68. The standard InChI is InChI=1S/C21H29N7O2S/c1-5-28(6-2)10-11-30-16-9-7-8-15(12-16)24-14(3)19(29)25-18-17(13-22)20(31-4)27-21(23)26-18/h7-9,12,14,24H,5-6,10-11H2,1-4H3,(H3,23,25,26,27,29)/t14-/m0/s1. The minimum absolute atomic E-state index is 0.00572. The monoisotopic (exact) mass is 443 g/mol. The number of likely N-dealkylation sites (N-methyl/N-ethyl adjacent to an activating group) is 1. The van der Waals surface area contributed by atoms with Crippen LogP contribution in [0, 0.1) is 11.3 Å². The number of thioether (sulfide) groups is 1. The molecule has 0 spiro atoms. The lowest BCUT2D eigenvalue weighted by Gasteiger charge is -2.19. The van der Waals surface area contributed by atoms with Crippen molar-refractivity contribution in [2.45, 2.75) is 31.8 Å². The molecule has 0 aliphatic rings. The molecule has 1 atom stereocenters. The third-order valence-corrected chi connectivity index (χ3v) is 5.30. The van der Waals surface area contributed by atoms with Gasteiger partial charge in [0.15, 0.2) is 5.82 Å². The van der Waals surface area contributed by atoms with Gasteiger partial charge in [-0.1, -0.05) is 19.9 Å². The van der Waals surface area contributed by atoms with Crippen LogP contribution in [-0.2, 0) is 4.79 Å². The molecule has 2 aromatic rings. The lowest BCUT2D eigenvalue weighted by Crippen LogP contribution is -2.32. The van der Waals surface area contributed by atoms with Crippen molar-refractivity contribution in [3.05, 3.63) is 29.8 Å². The number of ether oxygens (including phenoxy) is 1. The summed E-state index contributed by atoms with van der Waals surface area (Å²) in [5.41, 5.74) is 6.63. The first-order valence-corrected chi connectivity index (χ1v) is 11.3. The van der Waals surface area contributed by atoms with E-state index in [1.807, 2.05) is 30.3 Å². The molecule has 31 heavy (non-hydrogen) atoms. The molecular formula is C21H29N7O2S. The minimum Gasteiger partial charge on any atom is -0.492 e. The van der Waals surface area contributed by atoms with Gasteiger partial charge in [-0.15, -0.1) is 11.8 Å². The number of nitrogen functional groups attached to an aromatic ring is 1. The topological polar surface area (TPSA) is 129 Å². The van der Waals surface area contributed by atoms with Gasteiger partial charge < -0.3 is 26.0 Å². The number of rotatable bonds is 11. The summed E-state index contributed by atoms with van der Waals surface area (Å²) in [5, 5.41) is 15.6. The number of nitriles is 1. The van der Waals surface area contributed by atoms with Crippen molar-refractivity contribution in [2.75, 3.05) is 48.9 Å².